The summed E-state index contributed by atoms with van der Waals surface area (Å²) in [6, 6.07) is 1.57. The minimum atomic E-state index is -0.651. The van der Waals surface area contributed by atoms with Crippen molar-refractivity contribution in [2.45, 2.75) is 18.4 Å². The van der Waals surface area contributed by atoms with Gasteiger partial charge < -0.3 is 9.47 Å². The molecule has 8 heteroatoms. The number of aromatic nitrogens is 4. The lowest BCUT2D eigenvalue weighted by molar-refractivity contribution is -0.0248. The zero-order chi connectivity index (χ0) is 14.8. The number of thioether (sulfide) groups is 1. The molecule has 3 heterocycles. The number of rotatable bonds is 3. The predicted molar refractivity (Wildman–Crippen MR) is 73.6 cm³/mol. The molecule has 0 atom stereocenters. The fourth-order valence-electron chi connectivity index (χ4n) is 1.82. The molecule has 1 aliphatic rings. The molecule has 0 unspecified atom stereocenters. The van der Waals surface area contributed by atoms with Crippen LogP contribution in [0.1, 0.15) is 17.7 Å². The summed E-state index contributed by atoms with van der Waals surface area (Å²) < 4.78 is 24.4. The van der Waals surface area contributed by atoms with Crippen molar-refractivity contribution in [3.63, 3.8) is 0 Å². The van der Waals surface area contributed by atoms with E-state index in [1.807, 2.05) is 6.26 Å². The maximum atomic E-state index is 14.0. The third-order valence-corrected chi connectivity index (χ3v) is 3.29. The molecule has 0 aliphatic carbocycles. The number of aryl methyl sites for hydroxylation is 1. The molecule has 6 nitrogen and oxygen atoms in total. The van der Waals surface area contributed by atoms with Gasteiger partial charge in [-0.05, 0) is 19.2 Å². The Balaban J connectivity index is 2.04. The quantitative estimate of drug-likeness (QED) is 0.637. The maximum Gasteiger partial charge on any atom is 0.267 e. The van der Waals surface area contributed by atoms with Crippen molar-refractivity contribution in [2.75, 3.05) is 6.26 Å². The largest absolute Gasteiger partial charge is 0.455 e. The first-order chi connectivity index (χ1) is 10.2. The third-order valence-electron chi connectivity index (χ3n) is 2.74. The lowest BCUT2D eigenvalue weighted by atomic mass is 10.2. The van der Waals surface area contributed by atoms with Gasteiger partial charge in [0, 0.05) is 6.20 Å². The minimum absolute atomic E-state index is 0.187. The second kappa shape index (κ2) is 5.65. The Morgan fingerprint density at radius 3 is 2.67 bits per heavy atom. The van der Waals surface area contributed by atoms with Crippen LogP contribution < -0.4 is 0 Å². The van der Waals surface area contributed by atoms with E-state index in [0.29, 0.717) is 16.5 Å². The van der Waals surface area contributed by atoms with Gasteiger partial charge in [-0.2, -0.15) is 4.39 Å². The van der Waals surface area contributed by atoms with Crippen molar-refractivity contribution >= 4 is 11.8 Å². The summed E-state index contributed by atoms with van der Waals surface area (Å²) in [6.45, 7) is 1.73. The topological polar surface area (TPSA) is 70.0 Å². The normalized spacial score (nSPS) is 14.0. The molecule has 0 radical (unpaired) electrons. The zero-order valence-corrected chi connectivity index (χ0v) is 12.1. The molecule has 21 heavy (non-hydrogen) atoms. The van der Waals surface area contributed by atoms with Crippen LogP contribution in [0.5, 0.6) is 0 Å². The van der Waals surface area contributed by atoms with E-state index >= 15 is 0 Å². The van der Waals surface area contributed by atoms with E-state index in [4.69, 9.17) is 9.47 Å². The Morgan fingerprint density at radius 1 is 1.19 bits per heavy atom. The minimum Gasteiger partial charge on any atom is -0.455 e. The average molecular weight is 306 g/mol. The number of halogens is 1. The molecule has 1 aliphatic heterocycles. The molecule has 3 rings (SSSR count). The molecule has 0 saturated carbocycles. The van der Waals surface area contributed by atoms with E-state index in [-0.39, 0.29) is 11.4 Å². The van der Waals surface area contributed by atoms with Crippen LogP contribution in [0.4, 0.5) is 4.39 Å². The van der Waals surface area contributed by atoms with Crippen LogP contribution in [0.15, 0.2) is 29.9 Å². The molecular formula is C13H11FN4O2S. The van der Waals surface area contributed by atoms with E-state index in [1.54, 1.807) is 13.0 Å². The summed E-state index contributed by atoms with van der Waals surface area (Å²) in [6.07, 6.45) is 5.43. The van der Waals surface area contributed by atoms with E-state index in [0.717, 1.165) is 0 Å². The highest BCUT2D eigenvalue weighted by molar-refractivity contribution is 7.98. The number of hydrogen-bond acceptors (Lipinski definition) is 7. The Hall–Kier alpha value is -2.22. The number of ether oxygens (including phenoxy) is 2. The Morgan fingerprint density at radius 2 is 1.95 bits per heavy atom. The standard InChI is InChI=1S/C13H11FN4O2S/c1-7-16-11(18-13(17-7)21-2)9-5-8(6-15-10(9)14)12-19-3-4-20-12/h3-6,12H,1-2H3. The second-order valence-electron chi connectivity index (χ2n) is 4.18. The molecule has 0 amide bonds. The lowest BCUT2D eigenvalue weighted by Gasteiger charge is -2.11. The smallest absolute Gasteiger partial charge is 0.267 e. The van der Waals surface area contributed by atoms with E-state index in [1.165, 1.54) is 30.5 Å². The van der Waals surface area contributed by atoms with Gasteiger partial charge in [0.2, 0.25) is 5.95 Å². The van der Waals surface area contributed by atoms with Gasteiger partial charge in [0.25, 0.3) is 6.29 Å². The summed E-state index contributed by atoms with van der Waals surface area (Å²) in [5.74, 6) is 0.108. The van der Waals surface area contributed by atoms with E-state index in [9.17, 15) is 4.39 Å². The van der Waals surface area contributed by atoms with Gasteiger partial charge >= 0.3 is 0 Å². The molecule has 108 valence electrons. The van der Waals surface area contributed by atoms with Crippen LogP contribution in [-0.4, -0.2) is 26.2 Å². The summed E-state index contributed by atoms with van der Waals surface area (Å²) in [5, 5.41) is 0.525. The van der Waals surface area contributed by atoms with Gasteiger partial charge in [-0.1, -0.05) is 11.8 Å². The Labute approximate surface area is 124 Å². The van der Waals surface area contributed by atoms with Gasteiger partial charge in [0.1, 0.15) is 18.3 Å². The van der Waals surface area contributed by atoms with Gasteiger partial charge in [-0.25, -0.2) is 19.9 Å². The first-order valence-electron chi connectivity index (χ1n) is 6.06. The first kappa shape index (κ1) is 13.7. The van der Waals surface area contributed by atoms with Crippen molar-refractivity contribution in [2.24, 2.45) is 0 Å². The van der Waals surface area contributed by atoms with Crippen molar-refractivity contribution in [1.82, 2.24) is 19.9 Å². The van der Waals surface area contributed by atoms with Gasteiger partial charge in [0.15, 0.2) is 11.0 Å². The second-order valence-corrected chi connectivity index (χ2v) is 4.95. The van der Waals surface area contributed by atoms with E-state index < -0.39 is 12.2 Å². The highest BCUT2D eigenvalue weighted by atomic mass is 32.2. The number of pyridine rings is 1. The van der Waals surface area contributed by atoms with E-state index in [2.05, 4.69) is 19.9 Å². The average Bonchev–Trinajstić information content (AvgIpc) is 3.01. The van der Waals surface area contributed by atoms with Gasteiger partial charge in [-0.3, -0.25) is 0 Å². The molecular weight excluding hydrogens is 295 g/mol. The fourth-order valence-corrected chi connectivity index (χ4v) is 2.22. The summed E-state index contributed by atoms with van der Waals surface area (Å²) in [4.78, 5) is 16.3. The van der Waals surface area contributed by atoms with Crippen molar-refractivity contribution in [3.8, 4) is 11.4 Å². The molecule has 2 aromatic rings. The lowest BCUT2D eigenvalue weighted by Crippen LogP contribution is -2.04. The molecule has 2 aromatic heterocycles. The SMILES string of the molecule is CSc1nc(C)nc(-c2cc(C3OC=CO3)cnc2F)n1. The van der Waals surface area contributed by atoms with Gasteiger partial charge in [-0.15, -0.1) is 0 Å². The fraction of sp³-hybridized carbons (Fsp3) is 0.231. The Kier molecular flexibility index (Phi) is 3.70. The van der Waals surface area contributed by atoms with Crippen LogP contribution in [0.3, 0.4) is 0 Å². The third kappa shape index (κ3) is 2.80. The Bertz CT molecular complexity index is 703. The predicted octanol–water partition coefficient (Wildman–Crippen LogP) is 2.62. The summed E-state index contributed by atoms with van der Waals surface area (Å²) in [5.41, 5.74) is 0.771. The highest BCUT2D eigenvalue weighted by Crippen LogP contribution is 2.28. The molecule has 0 aromatic carbocycles. The van der Waals surface area contributed by atoms with Crippen LogP contribution in [0.2, 0.25) is 0 Å². The van der Waals surface area contributed by atoms with Crippen LogP contribution in [0, 0.1) is 12.9 Å². The van der Waals surface area contributed by atoms with Crippen molar-refractivity contribution in [3.05, 3.63) is 42.1 Å². The monoisotopic (exact) mass is 306 g/mol. The van der Waals surface area contributed by atoms with Crippen LogP contribution in [0.25, 0.3) is 11.4 Å². The molecule has 0 bridgehead atoms. The zero-order valence-electron chi connectivity index (χ0n) is 11.3. The summed E-state index contributed by atoms with van der Waals surface area (Å²) >= 11 is 1.36. The summed E-state index contributed by atoms with van der Waals surface area (Å²) in [7, 11) is 0. The number of hydrogen-bond donors (Lipinski definition) is 0. The molecule has 0 fully saturated rings. The van der Waals surface area contributed by atoms with Crippen molar-refractivity contribution in [1.29, 1.82) is 0 Å². The van der Waals surface area contributed by atoms with Crippen LogP contribution >= 0.6 is 11.8 Å². The van der Waals surface area contributed by atoms with Gasteiger partial charge in [0.05, 0.1) is 11.1 Å². The highest BCUT2D eigenvalue weighted by Gasteiger charge is 2.20. The first-order valence-corrected chi connectivity index (χ1v) is 7.28. The molecule has 0 spiro atoms. The molecule has 0 N–H and O–H groups in total. The number of nitrogens with zero attached hydrogens (tertiary/aromatic N) is 4. The maximum absolute atomic E-state index is 14.0. The van der Waals surface area contributed by atoms with Crippen LogP contribution in [-0.2, 0) is 9.47 Å². The van der Waals surface area contributed by atoms with Crippen molar-refractivity contribution < 1.29 is 13.9 Å². The molecule has 0 saturated heterocycles.